The van der Waals surface area contributed by atoms with Gasteiger partial charge in [-0.2, -0.15) is 0 Å². The van der Waals surface area contributed by atoms with Gasteiger partial charge in [-0.1, -0.05) is 165 Å². The molecule has 2 aromatic carbocycles. The van der Waals surface area contributed by atoms with Crippen LogP contribution in [0, 0.1) is 0 Å². The van der Waals surface area contributed by atoms with Crippen LogP contribution >= 0.6 is 0 Å². The maximum absolute atomic E-state index is 11.1. The summed E-state index contributed by atoms with van der Waals surface area (Å²) < 4.78 is 24.7. The fourth-order valence-electron chi connectivity index (χ4n) is 7.78. The van der Waals surface area contributed by atoms with E-state index in [2.05, 4.69) is 88.4 Å². The average molecular weight is 713 g/mol. The van der Waals surface area contributed by atoms with Crippen LogP contribution in [0.25, 0.3) is 0 Å². The van der Waals surface area contributed by atoms with Crippen molar-refractivity contribution >= 4 is 18.7 Å². The van der Waals surface area contributed by atoms with Gasteiger partial charge in [0, 0.05) is 13.7 Å². The van der Waals surface area contributed by atoms with E-state index >= 15 is 0 Å². The number of benzene rings is 2. The second kappa shape index (κ2) is 23.9. The third-order valence-electron chi connectivity index (χ3n) is 10.6. The van der Waals surface area contributed by atoms with Crippen molar-refractivity contribution in [2.45, 2.75) is 179 Å². The molecule has 1 aliphatic heterocycles. The van der Waals surface area contributed by atoms with Crippen LogP contribution in [0.15, 0.2) is 60.7 Å². The minimum atomic E-state index is -2.60. The van der Waals surface area contributed by atoms with Crippen LogP contribution in [0.3, 0.4) is 0 Å². The summed E-state index contributed by atoms with van der Waals surface area (Å²) in [4.78, 5) is 0. The molecule has 0 unspecified atom stereocenters. The summed E-state index contributed by atoms with van der Waals surface area (Å²) in [5.41, 5.74) is 0. The molecule has 0 radical (unpaired) electrons. The van der Waals surface area contributed by atoms with E-state index in [9.17, 15) is 10.2 Å². The van der Waals surface area contributed by atoms with Gasteiger partial charge in [-0.25, -0.2) is 0 Å². The largest absolute Gasteiger partial charge is 0.407 e. The van der Waals surface area contributed by atoms with Gasteiger partial charge in [-0.05, 0) is 53.9 Å². The Labute approximate surface area is 306 Å². The highest BCUT2D eigenvalue weighted by Gasteiger charge is 2.50. The van der Waals surface area contributed by atoms with E-state index < -0.39 is 20.5 Å². The van der Waals surface area contributed by atoms with Gasteiger partial charge in [0.15, 0.2) is 0 Å². The molecular weight excluding hydrogens is 641 g/mol. The van der Waals surface area contributed by atoms with Crippen LogP contribution in [0.4, 0.5) is 0 Å². The molecular formula is C43H72O6Si. The van der Waals surface area contributed by atoms with Gasteiger partial charge in [0.2, 0.25) is 0 Å². The topological polar surface area (TPSA) is 77.4 Å². The van der Waals surface area contributed by atoms with Gasteiger partial charge < -0.3 is 28.8 Å². The number of hydrogen-bond donors (Lipinski definition) is 2. The molecule has 1 heterocycles. The zero-order valence-corrected chi connectivity index (χ0v) is 33.3. The lowest BCUT2D eigenvalue weighted by Crippen LogP contribution is -2.66. The van der Waals surface area contributed by atoms with Crippen LogP contribution < -0.4 is 10.4 Å². The summed E-state index contributed by atoms with van der Waals surface area (Å²) in [5.74, 6) is 0. The van der Waals surface area contributed by atoms with Crippen LogP contribution in [-0.2, 0) is 18.6 Å². The number of aliphatic hydroxyl groups is 2. The summed E-state index contributed by atoms with van der Waals surface area (Å²) in [7, 11) is -0.943. The minimum Gasteiger partial charge on any atom is -0.407 e. The monoisotopic (exact) mass is 713 g/mol. The van der Waals surface area contributed by atoms with Gasteiger partial charge in [-0.15, -0.1) is 0 Å². The van der Waals surface area contributed by atoms with E-state index in [0.29, 0.717) is 25.9 Å². The normalized spacial score (nSPS) is 19.8. The van der Waals surface area contributed by atoms with Crippen LogP contribution in [0.1, 0.15) is 143 Å². The molecule has 1 saturated heterocycles. The Balaban J connectivity index is 1.40. The lowest BCUT2D eigenvalue weighted by atomic mass is 9.92. The molecule has 50 heavy (non-hydrogen) atoms. The maximum atomic E-state index is 11.1. The lowest BCUT2D eigenvalue weighted by Gasteiger charge is -2.43. The first-order valence-corrected chi connectivity index (χ1v) is 22.0. The van der Waals surface area contributed by atoms with E-state index in [1.165, 1.54) is 68.2 Å². The Hall–Kier alpha value is -1.58. The van der Waals surface area contributed by atoms with Crippen molar-refractivity contribution in [1.82, 2.24) is 0 Å². The first-order valence-electron chi connectivity index (χ1n) is 20.1. The summed E-state index contributed by atoms with van der Waals surface area (Å²) in [6.07, 6.45) is 18.4. The first-order chi connectivity index (χ1) is 24.2. The van der Waals surface area contributed by atoms with E-state index in [1.807, 2.05) is 0 Å². The molecule has 6 nitrogen and oxygen atoms in total. The van der Waals surface area contributed by atoms with Gasteiger partial charge in [-0.3, -0.25) is 0 Å². The minimum absolute atomic E-state index is 0.00459. The zero-order chi connectivity index (χ0) is 36.1. The van der Waals surface area contributed by atoms with Crippen molar-refractivity contribution in [2.24, 2.45) is 0 Å². The Kier molecular flexibility index (Phi) is 20.4. The molecule has 3 rings (SSSR count). The number of hydrogen-bond acceptors (Lipinski definition) is 6. The van der Waals surface area contributed by atoms with E-state index in [-0.39, 0.29) is 30.1 Å². The molecule has 2 aromatic rings. The number of methoxy groups -OCH3 is 1. The average Bonchev–Trinajstić information content (AvgIpc) is 3.12. The Morgan fingerprint density at radius 2 is 1.30 bits per heavy atom. The summed E-state index contributed by atoms with van der Waals surface area (Å²) >= 11 is 0. The molecule has 2 N–H and O–H groups in total. The second-order valence-electron chi connectivity index (χ2n) is 15.7. The Morgan fingerprint density at radius 3 is 1.86 bits per heavy atom. The summed E-state index contributed by atoms with van der Waals surface area (Å²) in [5, 5.41) is 24.5. The molecule has 0 aliphatic carbocycles. The van der Waals surface area contributed by atoms with Crippen LogP contribution in [0.2, 0.25) is 5.04 Å². The third kappa shape index (κ3) is 14.1. The molecule has 0 saturated carbocycles. The van der Waals surface area contributed by atoms with Crippen LogP contribution in [-0.4, -0.2) is 69.6 Å². The molecule has 284 valence electrons. The van der Waals surface area contributed by atoms with Gasteiger partial charge in [0.1, 0.15) is 6.79 Å². The highest BCUT2D eigenvalue weighted by Crippen LogP contribution is 2.37. The Morgan fingerprint density at radius 1 is 0.740 bits per heavy atom. The standard InChI is InChI=1S/C43H72O6Si/c1-6-7-8-9-10-11-12-13-14-21-30-42-41(47-35-46-5)32-31-40(49-42)39(45)29-23-22-24-36(44)33-34-48-50(43(2,3)4,37-25-17-15-18-26-37)38-27-19-16-20-28-38/h15-20,25-28,36,39-42,44-45H,6-14,21-24,29-35H2,1-5H3/t36-,39+,40+,41+,42+/m0/s1. The summed E-state index contributed by atoms with van der Waals surface area (Å²) in [6, 6.07) is 21.3. The Bertz CT molecular complexity index is 1070. The fourth-order valence-corrected chi connectivity index (χ4v) is 12.4. The predicted octanol–water partition coefficient (Wildman–Crippen LogP) is 9.08. The predicted molar refractivity (Wildman–Crippen MR) is 210 cm³/mol. The van der Waals surface area contributed by atoms with E-state index in [4.69, 9.17) is 18.6 Å². The van der Waals surface area contributed by atoms with Gasteiger partial charge in [0.05, 0.1) is 30.5 Å². The van der Waals surface area contributed by atoms with E-state index in [0.717, 1.165) is 38.5 Å². The summed E-state index contributed by atoms with van der Waals surface area (Å²) in [6.45, 7) is 9.91. The quantitative estimate of drug-likeness (QED) is 0.0576. The molecule has 1 fully saturated rings. The van der Waals surface area contributed by atoms with Crippen molar-refractivity contribution in [1.29, 1.82) is 0 Å². The van der Waals surface area contributed by atoms with E-state index in [1.54, 1.807) is 7.11 Å². The lowest BCUT2D eigenvalue weighted by molar-refractivity contribution is -0.192. The van der Waals surface area contributed by atoms with Gasteiger partial charge >= 0.3 is 0 Å². The number of rotatable bonds is 26. The SMILES string of the molecule is CCCCCCCCCCCC[C@H]1O[C@@H]([C@H](O)CCCC[C@H](O)CCO[Si](c2ccccc2)(c2ccccc2)C(C)(C)C)CC[C@H]1OCOC. The fraction of sp³-hybridized carbons (Fsp3) is 0.721. The van der Waals surface area contributed by atoms with Crippen molar-refractivity contribution in [2.75, 3.05) is 20.5 Å². The van der Waals surface area contributed by atoms with Crippen molar-refractivity contribution in [3.63, 3.8) is 0 Å². The van der Waals surface area contributed by atoms with Crippen molar-refractivity contribution in [3.8, 4) is 0 Å². The molecule has 0 amide bonds. The molecule has 7 heteroatoms. The highest BCUT2D eigenvalue weighted by atomic mass is 28.4. The molecule has 5 atom stereocenters. The smallest absolute Gasteiger partial charge is 0.261 e. The van der Waals surface area contributed by atoms with Crippen molar-refractivity contribution in [3.05, 3.63) is 60.7 Å². The maximum Gasteiger partial charge on any atom is 0.261 e. The first kappa shape index (κ1) is 42.8. The zero-order valence-electron chi connectivity index (χ0n) is 32.3. The number of ether oxygens (including phenoxy) is 3. The molecule has 1 aliphatic rings. The molecule has 0 spiro atoms. The second-order valence-corrected chi connectivity index (χ2v) is 20.0. The number of aliphatic hydroxyl groups excluding tert-OH is 2. The highest BCUT2D eigenvalue weighted by molar-refractivity contribution is 6.99. The van der Waals surface area contributed by atoms with Crippen LogP contribution in [0.5, 0.6) is 0 Å². The van der Waals surface area contributed by atoms with Crippen molar-refractivity contribution < 1.29 is 28.8 Å². The van der Waals surface area contributed by atoms with Gasteiger partial charge in [0.25, 0.3) is 8.32 Å². The molecule has 0 bridgehead atoms. The number of unbranched alkanes of at least 4 members (excludes halogenated alkanes) is 10. The third-order valence-corrected chi connectivity index (χ3v) is 15.7. The molecule has 0 aromatic heterocycles.